The number of carbonyl (C=O) groups excluding carboxylic acids is 1. The molecule has 1 aliphatic rings. The minimum absolute atomic E-state index is 0.137. The molecule has 0 radical (unpaired) electrons. The molecule has 19 heavy (non-hydrogen) atoms. The third-order valence-corrected chi connectivity index (χ3v) is 4.48. The van der Waals surface area contributed by atoms with E-state index in [1.165, 1.54) is 19.3 Å². The van der Waals surface area contributed by atoms with Crippen LogP contribution in [0.1, 0.15) is 42.5 Å². The summed E-state index contributed by atoms with van der Waals surface area (Å²) in [4.78, 5) is 12.0. The van der Waals surface area contributed by atoms with E-state index in [1.54, 1.807) is 6.07 Å². The molecule has 0 aliphatic heterocycles. The summed E-state index contributed by atoms with van der Waals surface area (Å²) in [6.45, 7) is 0.338. The van der Waals surface area contributed by atoms with Gasteiger partial charge in [-0.1, -0.05) is 31.4 Å². The fourth-order valence-electron chi connectivity index (χ4n) is 2.62. The highest BCUT2D eigenvalue weighted by Gasteiger charge is 2.22. The van der Waals surface area contributed by atoms with Gasteiger partial charge >= 0.3 is 0 Å². The number of halogens is 1. The Kier molecular flexibility index (Phi) is 5.40. The second kappa shape index (κ2) is 7.06. The molecule has 0 saturated heterocycles. The van der Waals surface area contributed by atoms with Crippen molar-refractivity contribution in [3.63, 3.8) is 0 Å². The molecule has 1 saturated carbocycles. The standard InChI is InChI=1S/C15H20BrNO2/c16-13-9-5-4-8-12(13)15(19)17-10-14(18)11-6-2-1-3-7-11/h4-5,8-9,11,14,18H,1-3,6-7,10H2,(H,17,19). The SMILES string of the molecule is O=C(NCC(O)C1CCCCC1)c1ccccc1Br. The molecule has 1 atom stereocenters. The van der Waals surface area contributed by atoms with Gasteiger partial charge in [0.25, 0.3) is 5.91 Å². The zero-order valence-electron chi connectivity index (χ0n) is 10.9. The molecule has 1 aromatic carbocycles. The quantitative estimate of drug-likeness (QED) is 0.893. The van der Waals surface area contributed by atoms with Gasteiger partial charge in [0.05, 0.1) is 11.7 Å². The number of amides is 1. The van der Waals surface area contributed by atoms with Gasteiger partial charge in [0.1, 0.15) is 0 Å². The lowest BCUT2D eigenvalue weighted by Gasteiger charge is -2.26. The van der Waals surface area contributed by atoms with Gasteiger partial charge < -0.3 is 10.4 Å². The first-order chi connectivity index (χ1) is 9.18. The van der Waals surface area contributed by atoms with Crippen LogP contribution < -0.4 is 5.32 Å². The molecule has 1 amide bonds. The molecular formula is C15H20BrNO2. The molecule has 1 unspecified atom stereocenters. The maximum Gasteiger partial charge on any atom is 0.252 e. The van der Waals surface area contributed by atoms with Gasteiger partial charge in [-0.15, -0.1) is 0 Å². The van der Waals surface area contributed by atoms with Crippen LogP contribution in [0.15, 0.2) is 28.7 Å². The van der Waals surface area contributed by atoms with Crippen molar-refractivity contribution in [1.29, 1.82) is 0 Å². The fraction of sp³-hybridized carbons (Fsp3) is 0.533. The Bertz CT molecular complexity index is 430. The first-order valence-electron chi connectivity index (χ1n) is 6.89. The van der Waals surface area contributed by atoms with Crippen LogP contribution in [-0.2, 0) is 0 Å². The van der Waals surface area contributed by atoms with Crippen molar-refractivity contribution in [2.24, 2.45) is 5.92 Å². The van der Waals surface area contributed by atoms with Crippen LogP contribution in [0.5, 0.6) is 0 Å². The summed E-state index contributed by atoms with van der Waals surface area (Å²) in [6, 6.07) is 7.31. The summed E-state index contributed by atoms with van der Waals surface area (Å²) in [7, 11) is 0. The van der Waals surface area contributed by atoms with Crippen LogP contribution in [-0.4, -0.2) is 23.7 Å². The predicted molar refractivity (Wildman–Crippen MR) is 79.1 cm³/mol. The summed E-state index contributed by atoms with van der Waals surface area (Å²) in [5.41, 5.74) is 0.610. The summed E-state index contributed by atoms with van der Waals surface area (Å²) < 4.78 is 0.777. The molecule has 0 bridgehead atoms. The molecule has 0 heterocycles. The molecule has 1 aliphatic carbocycles. The van der Waals surface area contributed by atoms with Gasteiger partial charge in [-0.25, -0.2) is 0 Å². The van der Waals surface area contributed by atoms with Crippen LogP contribution in [0.3, 0.4) is 0 Å². The Balaban J connectivity index is 1.84. The zero-order valence-corrected chi connectivity index (χ0v) is 12.5. The second-order valence-electron chi connectivity index (χ2n) is 5.16. The smallest absolute Gasteiger partial charge is 0.252 e. The largest absolute Gasteiger partial charge is 0.391 e. The Morgan fingerprint density at radius 2 is 2.00 bits per heavy atom. The van der Waals surface area contributed by atoms with Gasteiger partial charge in [0.2, 0.25) is 0 Å². The van der Waals surface area contributed by atoms with Crippen molar-refractivity contribution in [1.82, 2.24) is 5.32 Å². The van der Waals surface area contributed by atoms with Gasteiger partial charge in [-0.05, 0) is 46.8 Å². The number of benzene rings is 1. The molecule has 1 fully saturated rings. The molecule has 3 nitrogen and oxygen atoms in total. The highest BCUT2D eigenvalue weighted by atomic mass is 79.9. The van der Waals surface area contributed by atoms with Gasteiger partial charge in [-0.3, -0.25) is 4.79 Å². The van der Waals surface area contributed by atoms with Crippen molar-refractivity contribution in [3.8, 4) is 0 Å². The van der Waals surface area contributed by atoms with Crippen molar-refractivity contribution >= 4 is 21.8 Å². The molecule has 4 heteroatoms. The van der Waals surface area contributed by atoms with E-state index >= 15 is 0 Å². The van der Waals surface area contributed by atoms with Crippen LogP contribution >= 0.6 is 15.9 Å². The second-order valence-corrected chi connectivity index (χ2v) is 6.01. The molecule has 0 aromatic heterocycles. The Morgan fingerprint density at radius 3 is 2.68 bits per heavy atom. The minimum atomic E-state index is -0.424. The molecule has 104 valence electrons. The molecule has 2 N–H and O–H groups in total. The van der Waals surface area contributed by atoms with E-state index in [-0.39, 0.29) is 5.91 Å². The van der Waals surface area contributed by atoms with Crippen molar-refractivity contribution in [2.75, 3.05) is 6.54 Å². The highest BCUT2D eigenvalue weighted by molar-refractivity contribution is 9.10. The average molecular weight is 326 g/mol. The van der Waals surface area contributed by atoms with E-state index in [0.717, 1.165) is 17.3 Å². The normalized spacial score (nSPS) is 18.0. The number of aliphatic hydroxyl groups excluding tert-OH is 1. The first kappa shape index (κ1) is 14.5. The lowest BCUT2D eigenvalue weighted by Crippen LogP contribution is -2.37. The maximum absolute atomic E-state index is 12.0. The first-order valence-corrected chi connectivity index (χ1v) is 7.68. The van der Waals surface area contributed by atoms with Crippen molar-refractivity contribution < 1.29 is 9.90 Å². The minimum Gasteiger partial charge on any atom is -0.391 e. The summed E-state index contributed by atoms with van der Waals surface area (Å²) in [5, 5.41) is 12.9. The number of carbonyl (C=O) groups is 1. The predicted octanol–water partition coefficient (Wildman–Crippen LogP) is 3.12. The molecule has 0 spiro atoms. The van der Waals surface area contributed by atoms with Crippen LogP contribution in [0.4, 0.5) is 0 Å². The third kappa shape index (κ3) is 4.05. The average Bonchev–Trinajstić information content (AvgIpc) is 2.46. The van der Waals surface area contributed by atoms with Gasteiger partial charge in [0, 0.05) is 11.0 Å². The van der Waals surface area contributed by atoms with E-state index < -0.39 is 6.10 Å². The van der Waals surface area contributed by atoms with E-state index in [2.05, 4.69) is 21.2 Å². The number of hydrogen-bond acceptors (Lipinski definition) is 2. The third-order valence-electron chi connectivity index (χ3n) is 3.78. The Labute approximate surface area is 122 Å². The van der Waals surface area contributed by atoms with E-state index in [4.69, 9.17) is 0 Å². The van der Waals surface area contributed by atoms with Gasteiger partial charge in [0.15, 0.2) is 0 Å². The molecule has 1 aromatic rings. The number of nitrogens with one attached hydrogen (secondary N) is 1. The van der Waals surface area contributed by atoms with Gasteiger partial charge in [-0.2, -0.15) is 0 Å². The van der Waals surface area contributed by atoms with Crippen LogP contribution in [0, 0.1) is 5.92 Å². The van der Waals surface area contributed by atoms with Crippen LogP contribution in [0.25, 0.3) is 0 Å². The fourth-order valence-corrected chi connectivity index (χ4v) is 3.09. The Morgan fingerprint density at radius 1 is 1.32 bits per heavy atom. The summed E-state index contributed by atoms with van der Waals surface area (Å²) >= 11 is 3.36. The van der Waals surface area contributed by atoms with E-state index in [0.29, 0.717) is 18.0 Å². The summed E-state index contributed by atoms with van der Waals surface area (Å²) in [6.07, 6.45) is 5.39. The lowest BCUT2D eigenvalue weighted by molar-refractivity contribution is 0.0738. The molecule has 2 rings (SSSR count). The maximum atomic E-state index is 12.0. The zero-order chi connectivity index (χ0) is 13.7. The molecular weight excluding hydrogens is 306 g/mol. The number of aliphatic hydroxyl groups is 1. The summed E-state index contributed by atoms with van der Waals surface area (Å²) in [5.74, 6) is 0.204. The van der Waals surface area contributed by atoms with Crippen molar-refractivity contribution in [3.05, 3.63) is 34.3 Å². The van der Waals surface area contributed by atoms with Crippen LogP contribution in [0.2, 0.25) is 0 Å². The topological polar surface area (TPSA) is 49.3 Å². The van der Waals surface area contributed by atoms with E-state index in [9.17, 15) is 9.90 Å². The monoisotopic (exact) mass is 325 g/mol. The highest BCUT2D eigenvalue weighted by Crippen LogP contribution is 2.26. The number of hydrogen-bond donors (Lipinski definition) is 2. The van der Waals surface area contributed by atoms with E-state index in [1.807, 2.05) is 18.2 Å². The van der Waals surface area contributed by atoms with Crippen molar-refractivity contribution in [2.45, 2.75) is 38.2 Å². The number of rotatable bonds is 4. The lowest BCUT2D eigenvalue weighted by atomic mass is 9.85. The Hall–Kier alpha value is -0.870.